The molecular formula is C20H27ClN2O. The Morgan fingerprint density at radius 2 is 1.83 bits per heavy atom. The fourth-order valence-corrected chi connectivity index (χ4v) is 2.61. The molecule has 2 aromatic rings. The van der Waals surface area contributed by atoms with Crippen LogP contribution < -0.4 is 10.1 Å². The zero-order valence-electron chi connectivity index (χ0n) is 14.8. The summed E-state index contributed by atoms with van der Waals surface area (Å²) >= 11 is 6.14. The van der Waals surface area contributed by atoms with Crippen molar-refractivity contribution in [1.29, 1.82) is 0 Å². The number of halogens is 1. The number of aryl methyl sites for hydroxylation is 1. The lowest BCUT2D eigenvalue weighted by molar-refractivity contribution is 0.302. The predicted octanol–water partition coefficient (Wildman–Crippen LogP) is 4.27. The van der Waals surface area contributed by atoms with E-state index in [0.717, 1.165) is 42.4 Å². The molecule has 130 valence electrons. The van der Waals surface area contributed by atoms with Crippen molar-refractivity contribution in [3.8, 4) is 5.75 Å². The van der Waals surface area contributed by atoms with Gasteiger partial charge < -0.3 is 15.0 Å². The highest BCUT2D eigenvalue weighted by atomic mass is 35.5. The maximum absolute atomic E-state index is 6.14. The van der Waals surface area contributed by atoms with Gasteiger partial charge in [0.1, 0.15) is 12.4 Å². The molecule has 24 heavy (non-hydrogen) atoms. The van der Waals surface area contributed by atoms with Crippen LogP contribution in [0.15, 0.2) is 42.5 Å². The van der Waals surface area contributed by atoms with E-state index in [2.05, 4.69) is 55.5 Å². The molecule has 0 heterocycles. The first-order chi connectivity index (χ1) is 11.5. The highest BCUT2D eigenvalue weighted by molar-refractivity contribution is 6.30. The predicted molar refractivity (Wildman–Crippen MR) is 102 cm³/mol. The Hall–Kier alpha value is -1.55. The van der Waals surface area contributed by atoms with E-state index in [9.17, 15) is 0 Å². The molecule has 0 aliphatic heterocycles. The molecule has 2 aromatic carbocycles. The number of nitrogens with one attached hydrogen (secondary N) is 1. The van der Waals surface area contributed by atoms with Crippen molar-refractivity contribution >= 4 is 11.6 Å². The lowest BCUT2D eigenvalue weighted by atomic mass is 10.1. The van der Waals surface area contributed by atoms with Crippen LogP contribution in [0.3, 0.4) is 0 Å². The van der Waals surface area contributed by atoms with Crippen molar-refractivity contribution in [1.82, 2.24) is 10.2 Å². The average Bonchev–Trinajstić information content (AvgIpc) is 2.55. The molecule has 0 amide bonds. The van der Waals surface area contributed by atoms with Gasteiger partial charge in [-0.25, -0.2) is 0 Å². The molecule has 0 saturated heterocycles. The minimum atomic E-state index is 0.565. The van der Waals surface area contributed by atoms with Crippen LogP contribution in [0.1, 0.15) is 23.1 Å². The lowest BCUT2D eigenvalue weighted by Gasteiger charge is -2.14. The van der Waals surface area contributed by atoms with E-state index in [0.29, 0.717) is 6.61 Å². The van der Waals surface area contributed by atoms with Crippen LogP contribution in [0, 0.1) is 6.92 Å². The molecule has 2 rings (SSSR count). The summed E-state index contributed by atoms with van der Waals surface area (Å²) < 4.78 is 6.01. The molecule has 0 spiro atoms. The van der Waals surface area contributed by atoms with E-state index < -0.39 is 0 Å². The van der Waals surface area contributed by atoms with Gasteiger partial charge in [0, 0.05) is 17.1 Å². The molecule has 0 radical (unpaired) electrons. The topological polar surface area (TPSA) is 24.5 Å². The highest BCUT2D eigenvalue weighted by Gasteiger charge is 2.05. The molecule has 0 unspecified atom stereocenters. The Morgan fingerprint density at radius 1 is 1.08 bits per heavy atom. The SMILES string of the molecule is Cc1ccc(COc2ccc(Cl)cc2CNCCCN(C)C)cc1. The summed E-state index contributed by atoms with van der Waals surface area (Å²) in [6.45, 7) is 5.47. The summed E-state index contributed by atoms with van der Waals surface area (Å²) in [5, 5.41) is 4.20. The molecule has 0 saturated carbocycles. The number of benzene rings is 2. The van der Waals surface area contributed by atoms with Crippen molar-refractivity contribution in [2.24, 2.45) is 0 Å². The fourth-order valence-electron chi connectivity index (χ4n) is 2.42. The van der Waals surface area contributed by atoms with Crippen molar-refractivity contribution in [3.05, 3.63) is 64.2 Å². The number of hydrogen-bond acceptors (Lipinski definition) is 3. The van der Waals surface area contributed by atoms with E-state index in [-0.39, 0.29) is 0 Å². The second kappa shape index (κ2) is 9.67. The molecular weight excluding hydrogens is 320 g/mol. The summed E-state index contributed by atoms with van der Waals surface area (Å²) in [6.07, 6.45) is 1.12. The smallest absolute Gasteiger partial charge is 0.124 e. The van der Waals surface area contributed by atoms with Gasteiger partial charge in [0.15, 0.2) is 0 Å². The molecule has 1 N–H and O–H groups in total. The normalized spacial score (nSPS) is 11.0. The molecule has 0 aliphatic carbocycles. The Bertz CT molecular complexity index is 626. The number of rotatable bonds is 9. The van der Waals surface area contributed by atoms with Crippen LogP contribution >= 0.6 is 11.6 Å². The fraction of sp³-hybridized carbons (Fsp3) is 0.400. The minimum Gasteiger partial charge on any atom is -0.489 e. The van der Waals surface area contributed by atoms with Gasteiger partial charge >= 0.3 is 0 Å². The van der Waals surface area contributed by atoms with Gasteiger partial charge in [-0.05, 0) is 64.3 Å². The molecule has 0 aliphatic rings. The zero-order chi connectivity index (χ0) is 17.4. The van der Waals surface area contributed by atoms with Gasteiger partial charge in [-0.2, -0.15) is 0 Å². The van der Waals surface area contributed by atoms with Crippen LogP contribution in [0.25, 0.3) is 0 Å². The van der Waals surface area contributed by atoms with Crippen molar-refractivity contribution in [2.45, 2.75) is 26.5 Å². The second-order valence-electron chi connectivity index (χ2n) is 6.36. The summed E-state index contributed by atoms with van der Waals surface area (Å²) in [4.78, 5) is 2.19. The maximum Gasteiger partial charge on any atom is 0.124 e. The third-order valence-electron chi connectivity index (χ3n) is 3.81. The number of hydrogen-bond donors (Lipinski definition) is 1. The minimum absolute atomic E-state index is 0.565. The van der Waals surface area contributed by atoms with Crippen LogP contribution in [-0.2, 0) is 13.2 Å². The first-order valence-electron chi connectivity index (χ1n) is 8.37. The third-order valence-corrected chi connectivity index (χ3v) is 4.05. The summed E-state index contributed by atoms with van der Waals surface area (Å²) in [5.74, 6) is 0.889. The van der Waals surface area contributed by atoms with Gasteiger partial charge in [0.05, 0.1) is 0 Å². The van der Waals surface area contributed by atoms with E-state index in [1.165, 1.54) is 11.1 Å². The van der Waals surface area contributed by atoms with E-state index in [4.69, 9.17) is 16.3 Å². The van der Waals surface area contributed by atoms with Gasteiger partial charge in [-0.3, -0.25) is 0 Å². The third kappa shape index (κ3) is 6.52. The summed E-state index contributed by atoms with van der Waals surface area (Å²) in [7, 11) is 4.18. The van der Waals surface area contributed by atoms with Crippen molar-refractivity contribution < 1.29 is 4.74 Å². The molecule has 0 fully saturated rings. The van der Waals surface area contributed by atoms with Gasteiger partial charge in [-0.15, -0.1) is 0 Å². The van der Waals surface area contributed by atoms with E-state index >= 15 is 0 Å². The maximum atomic E-state index is 6.14. The van der Waals surface area contributed by atoms with Crippen molar-refractivity contribution in [2.75, 3.05) is 27.2 Å². The monoisotopic (exact) mass is 346 g/mol. The van der Waals surface area contributed by atoms with Crippen LogP contribution in [-0.4, -0.2) is 32.1 Å². The van der Waals surface area contributed by atoms with E-state index in [1.54, 1.807) is 0 Å². The molecule has 3 nitrogen and oxygen atoms in total. The standard InChI is InChI=1S/C20H27ClN2O/c1-16-5-7-17(8-6-16)15-24-20-10-9-19(21)13-18(20)14-22-11-4-12-23(2)3/h5-10,13,22H,4,11-12,14-15H2,1-3H3. The van der Waals surface area contributed by atoms with Crippen LogP contribution in [0.2, 0.25) is 5.02 Å². The Morgan fingerprint density at radius 3 is 2.54 bits per heavy atom. The molecule has 0 atom stereocenters. The summed E-state index contributed by atoms with van der Waals surface area (Å²) in [6, 6.07) is 14.2. The van der Waals surface area contributed by atoms with Gasteiger partial charge in [0.25, 0.3) is 0 Å². The quantitative estimate of drug-likeness (QED) is 0.686. The zero-order valence-corrected chi connectivity index (χ0v) is 15.6. The van der Waals surface area contributed by atoms with Gasteiger partial charge in [0.2, 0.25) is 0 Å². The Labute approximate surface area is 150 Å². The Kier molecular flexibility index (Phi) is 7.57. The lowest BCUT2D eigenvalue weighted by Crippen LogP contribution is -2.21. The van der Waals surface area contributed by atoms with E-state index in [1.807, 2.05) is 18.2 Å². The average molecular weight is 347 g/mol. The van der Waals surface area contributed by atoms with Crippen LogP contribution in [0.4, 0.5) is 0 Å². The largest absolute Gasteiger partial charge is 0.489 e. The number of nitrogens with zero attached hydrogens (tertiary/aromatic N) is 1. The first kappa shape index (κ1) is 18.8. The number of ether oxygens (including phenoxy) is 1. The summed E-state index contributed by atoms with van der Waals surface area (Å²) in [5.41, 5.74) is 3.52. The van der Waals surface area contributed by atoms with Crippen molar-refractivity contribution in [3.63, 3.8) is 0 Å². The van der Waals surface area contributed by atoms with Gasteiger partial charge in [-0.1, -0.05) is 41.4 Å². The second-order valence-corrected chi connectivity index (χ2v) is 6.80. The first-order valence-corrected chi connectivity index (χ1v) is 8.74. The van der Waals surface area contributed by atoms with Crippen LogP contribution in [0.5, 0.6) is 5.75 Å². The molecule has 0 bridgehead atoms. The highest BCUT2D eigenvalue weighted by Crippen LogP contribution is 2.24. The Balaban J connectivity index is 1.90. The molecule has 0 aromatic heterocycles. The molecule has 4 heteroatoms.